The van der Waals surface area contributed by atoms with E-state index in [1.54, 1.807) is 24.3 Å². The largest absolute Gasteiger partial charge is 0.453 e. The number of nitriles is 1. The zero-order chi connectivity index (χ0) is 18.2. The van der Waals surface area contributed by atoms with Crippen LogP contribution in [0.2, 0.25) is 0 Å². The average molecular weight is 333 g/mol. The lowest BCUT2D eigenvalue weighted by Gasteiger charge is -2.05. The minimum atomic E-state index is -0.804. The Labute approximate surface area is 147 Å². The van der Waals surface area contributed by atoms with Crippen molar-refractivity contribution in [3.05, 3.63) is 76.4 Å². The van der Waals surface area contributed by atoms with Crippen molar-refractivity contribution >= 4 is 17.8 Å². The van der Waals surface area contributed by atoms with Gasteiger partial charge < -0.3 is 4.74 Å². The highest BCUT2D eigenvalue weighted by molar-refractivity contribution is 6.01. The third kappa shape index (κ3) is 5.15. The van der Waals surface area contributed by atoms with Crippen LogP contribution in [-0.4, -0.2) is 18.4 Å². The van der Waals surface area contributed by atoms with Crippen LogP contribution in [0.3, 0.4) is 0 Å². The highest BCUT2D eigenvalue weighted by atomic mass is 16.5. The summed E-state index contributed by atoms with van der Waals surface area (Å²) in [5, 5.41) is 9.15. The number of rotatable bonds is 6. The van der Waals surface area contributed by atoms with E-state index in [0.717, 1.165) is 23.1 Å². The lowest BCUT2D eigenvalue weighted by atomic mass is 10.1. The first-order valence-corrected chi connectivity index (χ1v) is 8.01. The lowest BCUT2D eigenvalue weighted by molar-refractivity contribution is -0.137. The summed E-state index contributed by atoms with van der Waals surface area (Å²) < 4.78 is 4.98. The fraction of sp³-hybridized carbons (Fsp3) is 0.190. The van der Waals surface area contributed by atoms with Gasteiger partial charge in [-0.3, -0.25) is 4.79 Å². The summed E-state index contributed by atoms with van der Waals surface area (Å²) >= 11 is 0. The maximum absolute atomic E-state index is 12.1. The Morgan fingerprint density at radius 1 is 1.08 bits per heavy atom. The number of hydrogen-bond acceptors (Lipinski definition) is 4. The molecule has 0 aliphatic rings. The van der Waals surface area contributed by atoms with E-state index in [1.165, 1.54) is 6.08 Å². The number of esters is 1. The van der Waals surface area contributed by atoms with Crippen LogP contribution in [0.15, 0.2) is 54.1 Å². The Hall–Kier alpha value is -3.19. The Balaban J connectivity index is 2.00. The predicted octanol–water partition coefficient (Wildman–Crippen LogP) is 3.89. The molecular weight excluding hydrogens is 314 g/mol. The second-order valence-corrected chi connectivity index (χ2v) is 5.63. The van der Waals surface area contributed by atoms with Crippen molar-refractivity contribution in [3.8, 4) is 6.07 Å². The van der Waals surface area contributed by atoms with E-state index < -0.39 is 12.6 Å². The van der Waals surface area contributed by atoms with Gasteiger partial charge in [0.05, 0.1) is 0 Å². The fourth-order valence-electron chi connectivity index (χ4n) is 2.18. The number of carbonyl (C=O) groups is 2. The topological polar surface area (TPSA) is 67.2 Å². The molecule has 4 heteroatoms. The van der Waals surface area contributed by atoms with Gasteiger partial charge >= 0.3 is 5.97 Å². The molecule has 0 unspecified atom stereocenters. The molecule has 0 N–H and O–H groups in total. The van der Waals surface area contributed by atoms with Crippen LogP contribution < -0.4 is 0 Å². The Morgan fingerprint density at radius 3 is 2.28 bits per heavy atom. The van der Waals surface area contributed by atoms with E-state index in [9.17, 15) is 9.59 Å². The molecule has 0 spiro atoms. The first-order valence-electron chi connectivity index (χ1n) is 8.01. The minimum Gasteiger partial charge on any atom is -0.453 e. The summed E-state index contributed by atoms with van der Waals surface area (Å²) in [6.45, 7) is 3.59. The van der Waals surface area contributed by atoms with Crippen molar-refractivity contribution in [2.75, 3.05) is 6.61 Å². The third-order valence-electron chi connectivity index (χ3n) is 3.75. The highest BCUT2D eigenvalue weighted by Crippen LogP contribution is 2.10. The third-order valence-corrected chi connectivity index (χ3v) is 3.75. The molecule has 0 amide bonds. The van der Waals surface area contributed by atoms with Gasteiger partial charge in [0.25, 0.3) is 0 Å². The van der Waals surface area contributed by atoms with Crippen molar-refractivity contribution in [2.24, 2.45) is 0 Å². The molecule has 0 aliphatic heterocycles. The highest BCUT2D eigenvalue weighted by Gasteiger charge is 2.14. The molecule has 0 bridgehead atoms. The number of hydrogen-bond donors (Lipinski definition) is 0. The number of benzene rings is 2. The smallest absolute Gasteiger partial charge is 0.349 e. The number of Topliss-reactive ketones (excluding diaryl/α,β-unsaturated/α-hetero) is 1. The zero-order valence-corrected chi connectivity index (χ0v) is 14.3. The van der Waals surface area contributed by atoms with Gasteiger partial charge in [0.1, 0.15) is 11.6 Å². The first kappa shape index (κ1) is 18.2. The van der Waals surface area contributed by atoms with Gasteiger partial charge in [-0.15, -0.1) is 0 Å². The van der Waals surface area contributed by atoms with Crippen LogP contribution in [0.5, 0.6) is 0 Å². The molecule has 0 atom stereocenters. The molecule has 0 aliphatic carbocycles. The van der Waals surface area contributed by atoms with Crippen LogP contribution >= 0.6 is 0 Å². The molecule has 126 valence electrons. The van der Waals surface area contributed by atoms with Gasteiger partial charge in [-0.25, -0.2) is 4.79 Å². The predicted molar refractivity (Wildman–Crippen MR) is 95.9 cm³/mol. The molecule has 0 aromatic heterocycles. The van der Waals surface area contributed by atoms with Crippen LogP contribution in [0, 0.1) is 18.3 Å². The quantitative estimate of drug-likeness (QED) is 0.348. The summed E-state index contributed by atoms with van der Waals surface area (Å²) in [4.78, 5) is 24.1. The Morgan fingerprint density at radius 2 is 1.72 bits per heavy atom. The van der Waals surface area contributed by atoms with E-state index in [2.05, 4.69) is 0 Å². The molecule has 4 nitrogen and oxygen atoms in total. The summed E-state index contributed by atoms with van der Waals surface area (Å²) in [6, 6.07) is 16.4. The minimum absolute atomic E-state index is 0.141. The van der Waals surface area contributed by atoms with E-state index >= 15 is 0 Å². The van der Waals surface area contributed by atoms with Gasteiger partial charge in [0.2, 0.25) is 0 Å². The molecule has 2 rings (SSSR count). The van der Waals surface area contributed by atoms with Gasteiger partial charge in [-0.1, -0.05) is 61.0 Å². The maximum Gasteiger partial charge on any atom is 0.349 e. The molecule has 25 heavy (non-hydrogen) atoms. The number of nitrogens with zero attached hydrogens (tertiary/aromatic N) is 1. The summed E-state index contributed by atoms with van der Waals surface area (Å²) in [6.07, 6.45) is 2.33. The Bertz CT molecular complexity index is 825. The monoisotopic (exact) mass is 333 g/mol. The number of ketones is 1. The molecule has 0 saturated heterocycles. The van der Waals surface area contributed by atoms with Crippen LogP contribution in [0.1, 0.15) is 34.0 Å². The average Bonchev–Trinajstić information content (AvgIpc) is 2.65. The molecule has 0 saturated carbocycles. The van der Waals surface area contributed by atoms with Gasteiger partial charge in [0.15, 0.2) is 12.4 Å². The van der Waals surface area contributed by atoms with Crippen molar-refractivity contribution < 1.29 is 14.3 Å². The standard InChI is InChI=1S/C21H19NO3/c1-3-16-8-10-18(11-9-16)20(23)14-25-21(24)19(13-22)12-17-6-4-15(2)5-7-17/h4-12H,3,14H2,1-2H3/b19-12+. The second-order valence-electron chi connectivity index (χ2n) is 5.63. The first-order chi connectivity index (χ1) is 12.0. The van der Waals surface area contributed by atoms with Crippen molar-refractivity contribution in [1.29, 1.82) is 5.26 Å². The van der Waals surface area contributed by atoms with Crippen molar-refractivity contribution in [3.63, 3.8) is 0 Å². The van der Waals surface area contributed by atoms with Gasteiger partial charge in [-0.2, -0.15) is 5.26 Å². The van der Waals surface area contributed by atoms with E-state index in [4.69, 9.17) is 10.00 Å². The van der Waals surface area contributed by atoms with Crippen molar-refractivity contribution in [2.45, 2.75) is 20.3 Å². The number of aryl methyl sites for hydroxylation is 2. The van der Waals surface area contributed by atoms with E-state index in [1.807, 2.05) is 44.2 Å². The second kappa shape index (κ2) is 8.60. The Kier molecular flexibility index (Phi) is 6.25. The maximum atomic E-state index is 12.1. The number of ether oxygens (including phenoxy) is 1. The molecule has 2 aromatic carbocycles. The van der Waals surface area contributed by atoms with Crippen molar-refractivity contribution in [1.82, 2.24) is 0 Å². The van der Waals surface area contributed by atoms with Crippen LogP contribution in [0.4, 0.5) is 0 Å². The van der Waals surface area contributed by atoms with E-state index in [-0.39, 0.29) is 11.4 Å². The molecule has 0 heterocycles. The van der Waals surface area contributed by atoms with Gasteiger partial charge in [0, 0.05) is 5.56 Å². The van der Waals surface area contributed by atoms with Crippen LogP contribution in [-0.2, 0) is 16.0 Å². The lowest BCUT2D eigenvalue weighted by Crippen LogP contribution is -2.15. The summed E-state index contributed by atoms with van der Waals surface area (Å²) in [5.41, 5.74) is 3.27. The van der Waals surface area contributed by atoms with Crippen LogP contribution in [0.25, 0.3) is 6.08 Å². The molecule has 0 fully saturated rings. The SMILES string of the molecule is CCc1ccc(C(=O)COC(=O)/C(C#N)=C/c2ccc(C)cc2)cc1. The normalized spacial score (nSPS) is 10.8. The zero-order valence-electron chi connectivity index (χ0n) is 14.3. The summed E-state index contributed by atoms with van der Waals surface area (Å²) in [5.74, 6) is -1.11. The molecule has 0 radical (unpaired) electrons. The van der Waals surface area contributed by atoms with E-state index in [0.29, 0.717) is 5.56 Å². The molecular formula is C21H19NO3. The number of carbonyl (C=O) groups excluding carboxylic acids is 2. The fourth-order valence-corrected chi connectivity index (χ4v) is 2.18. The molecule has 2 aromatic rings. The van der Waals surface area contributed by atoms with Gasteiger partial charge in [-0.05, 0) is 30.5 Å². The summed E-state index contributed by atoms with van der Waals surface area (Å²) in [7, 11) is 0.